The van der Waals surface area contributed by atoms with Crippen molar-refractivity contribution in [3.63, 3.8) is 0 Å². The molecule has 23 heavy (non-hydrogen) atoms. The number of hydrogen-bond donors (Lipinski definition) is 1. The van der Waals surface area contributed by atoms with Crippen LogP contribution in [0.15, 0.2) is 28.4 Å². The van der Waals surface area contributed by atoms with Gasteiger partial charge in [-0.05, 0) is 43.3 Å². The first-order chi connectivity index (χ1) is 11.2. The highest BCUT2D eigenvalue weighted by Crippen LogP contribution is 2.21. The van der Waals surface area contributed by atoms with Gasteiger partial charge in [0.25, 0.3) is 11.3 Å². The zero-order valence-corrected chi connectivity index (χ0v) is 13.8. The second kappa shape index (κ2) is 5.90. The van der Waals surface area contributed by atoms with Gasteiger partial charge in [0.15, 0.2) is 5.82 Å². The number of H-pyrrole nitrogens is 1. The summed E-state index contributed by atoms with van der Waals surface area (Å²) in [6.45, 7) is 5.16. The molecule has 0 bridgehead atoms. The molecule has 7 heteroatoms. The van der Waals surface area contributed by atoms with E-state index in [1.165, 1.54) is 17.4 Å². The molecule has 120 valence electrons. The summed E-state index contributed by atoms with van der Waals surface area (Å²) in [5.41, 5.74) is 0.694. The predicted octanol–water partition coefficient (Wildman–Crippen LogP) is 2.38. The van der Waals surface area contributed by atoms with Gasteiger partial charge in [0.2, 0.25) is 0 Å². The van der Waals surface area contributed by atoms with Crippen molar-refractivity contribution in [1.82, 2.24) is 24.5 Å². The molecule has 0 atom stereocenters. The largest absolute Gasteiger partial charge is 0.297 e. The van der Waals surface area contributed by atoms with Gasteiger partial charge >= 0.3 is 0 Å². The minimum Gasteiger partial charge on any atom is -0.297 e. The lowest BCUT2D eigenvalue weighted by atomic mass is 9.99. The van der Waals surface area contributed by atoms with Crippen LogP contribution in [0.3, 0.4) is 0 Å². The van der Waals surface area contributed by atoms with Crippen LogP contribution in [-0.2, 0) is 6.54 Å². The average molecular weight is 329 g/mol. The number of aromatic amines is 1. The zero-order valence-electron chi connectivity index (χ0n) is 13.0. The maximum absolute atomic E-state index is 12.3. The SMILES string of the molecule is CC1CCN(Cc2cc(=O)n3[nH]c(-c4cccs4)nc3n2)CC1. The molecule has 0 amide bonds. The van der Waals surface area contributed by atoms with Crippen LogP contribution in [0.5, 0.6) is 0 Å². The molecular weight excluding hydrogens is 310 g/mol. The molecule has 1 saturated heterocycles. The van der Waals surface area contributed by atoms with Crippen molar-refractivity contribution in [3.8, 4) is 10.7 Å². The molecule has 0 saturated carbocycles. The van der Waals surface area contributed by atoms with Gasteiger partial charge in [0, 0.05) is 12.6 Å². The molecule has 6 nitrogen and oxygen atoms in total. The monoisotopic (exact) mass is 329 g/mol. The second-order valence-corrected chi connectivity index (χ2v) is 7.18. The summed E-state index contributed by atoms with van der Waals surface area (Å²) >= 11 is 1.58. The van der Waals surface area contributed by atoms with E-state index < -0.39 is 0 Å². The molecule has 1 N–H and O–H groups in total. The molecule has 1 fully saturated rings. The van der Waals surface area contributed by atoms with Crippen LogP contribution in [-0.4, -0.2) is 37.6 Å². The van der Waals surface area contributed by atoms with E-state index in [4.69, 9.17) is 0 Å². The van der Waals surface area contributed by atoms with E-state index in [0.717, 1.165) is 36.1 Å². The lowest BCUT2D eigenvalue weighted by molar-refractivity contribution is 0.183. The predicted molar refractivity (Wildman–Crippen MR) is 90.6 cm³/mol. The van der Waals surface area contributed by atoms with Gasteiger partial charge in [-0.25, -0.2) is 4.98 Å². The Balaban J connectivity index is 1.63. The third kappa shape index (κ3) is 2.94. The fraction of sp³-hybridized carbons (Fsp3) is 0.438. The number of likely N-dealkylation sites (tertiary alicyclic amines) is 1. The lowest BCUT2D eigenvalue weighted by Crippen LogP contribution is -2.33. The first kappa shape index (κ1) is 14.6. The summed E-state index contributed by atoms with van der Waals surface area (Å²) in [7, 11) is 0. The minimum absolute atomic E-state index is 0.106. The van der Waals surface area contributed by atoms with E-state index in [0.29, 0.717) is 11.6 Å². The summed E-state index contributed by atoms with van der Waals surface area (Å²) in [6, 6.07) is 5.55. The third-order valence-electron chi connectivity index (χ3n) is 4.40. The molecule has 4 rings (SSSR count). The van der Waals surface area contributed by atoms with Crippen LogP contribution < -0.4 is 5.56 Å². The maximum atomic E-state index is 12.3. The molecular formula is C16H19N5OS. The maximum Gasteiger partial charge on any atom is 0.274 e. The summed E-state index contributed by atoms with van der Waals surface area (Å²) in [6.07, 6.45) is 2.43. The summed E-state index contributed by atoms with van der Waals surface area (Å²) < 4.78 is 1.41. The molecule has 0 aliphatic carbocycles. The Morgan fingerprint density at radius 1 is 1.35 bits per heavy atom. The van der Waals surface area contributed by atoms with Crippen LogP contribution in [0.25, 0.3) is 16.5 Å². The van der Waals surface area contributed by atoms with Gasteiger partial charge in [-0.3, -0.25) is 14.8 Å². The molecule has 1 aliphatic heterocycles. The fourth-order valence-corrected chi connectivity index (χ4v) is 3.64. The topological polar surface area (TPSA) is 66.3 Å². The van der Waals surface area contributed by atoms with Crippen molar-refractivity contribution < 1.29 is 0 Å². The van der Waals surface area contributed by atoms with E-state index in [1.807, 2.05) is 17.5 Å². The standard InChI is InChI=1S/C16H19N5OS/c1-11-4-6-20(7-5-11)10-12-9-14(22)21-16(17-12)18-15(19-21)13-3-2-8-23-13/h2-3,8-9,11H,4-7,10H2,1H3,(H,17,18,19). The summed E-state index contributed by atoms with van der Waals surface area (Å²) in [4.78, 5) is 24.7. The van der Waals surface area contributed by atoms with Crippen LogP contribution in [0, 0.1) is 5.92 Å². The Morgan fingerprint density at radius 3 is 2.91 bits per heavy atom. The smallest absolute Gasteiger partial charge is 0.274 e. The van der Waals surface area contributed by atoms with E-state index in [1.54, 1.807) is 17.4 Å². The number of hydrogen-bond acceptors (Lipinski definition) is 5. The number of rotatable bonds is 3. The van der Waals surface area contributed by atoms with E-state index in [-0.39, 0.29) is 5.56 Å². The highest BCUT2D eigenvalue weighted by molar-refractivity contribution is 7.13. The Kier molecular flexibility index (Phi) is 3.74. The molecule has 4 heterocycles. The van der Waals surface area contributed by atoms with Crippen molar-refractivity contribution in [3.05, 3.63) is 39.6 Å². The Bertz CT molecular complexity index is 858. The van der Waals surface area contributed by atoms with Crippen molar-refractivity contribution >= 4 is 17.1 Å². The van der Waals surface area contributed by atoms with Crippen molar-refractivity contribution in [1.29, 1.82) is 0 Å². The van der Waals surface area contributed by atoms with Crippen LogP contribution >= 0.6 is 11.3 Å². The molecule has 3 aromatic heterocycles. The minimum atomic E-state index is -0.106. The van der Waals surface area contributed by atoms with E-state index >= 15 is 0 Å². The number of nitrogens with zero attached hydrogens (tertiary/aromatic N) is 4. The van der Waals surface area contributed by atoms with Gasteiger partial charge < -0.3 is 0 Å². The first-order valence-corrected chi connectivity index (χ1v) is 8.82. The number of piperidine rings is 1. The van der Waals surface area contributed by atoms with Gasteiger partial charge in [0.05, 0.1) is 10.6 Å². The van der Waals surface area contributed by atoms with Crippen molar-refractivity contribution in [2.75, 3.05) is 13.1 Å². The number of thiophene rings is 1. The van der Waals surface area contributed by atoms with Crippen molar-refractivity contribution in [2.24, 2.45) is 5.92 Å². The highest BCUT2D eigenvalue weighted by atomic mass is 32.1. The van der Waals surface area contributed by atoms with Gasteiger partial charge in [-0.1, -0.05) is 13.0 Å². The van der Waals surface area contributed by atoms with Gasteiger partial charge in [-0.15, -0.1) is 11.3 Å². The molecule has 0 radical (unpaired) electrons. The summed E-state index contributed by atoms with van der Waals surface area (Å²) in [5.74, 6) is 1.93. The fourth-order valence-electron chi connectivity index (χ4n) is 2.98. The Hall–Kier alpha value is -1.99. The Morgan fingerprint density at radius 2 is 2.17 bits per heavy atom. The van der Waals surface area contributed by atoms with Gasteiger partial charge in [-0.2, -0.15) is 9.50 Å². The number of nitrogens with one attached hydrogen (secondary N) is 1. The van der Waals surface area contributed by atoms with E-state index in [9.17, 15) is 4.79 Å². The average Bonchev–Trinajstić information content (AvgIpc) is 3.18. The second-order valence-electron chi connectivity index (χ2n) is 6.23. The quantitative estimate of drug-likeness (QED) is 0.801. The first-order valence-electron chi connectivity index (χ1n) is 7.94. The summed E-state index contributed by atoms with van der Waals surface area (Å²) in [5, 5.41) is 5.02. The highest BCUT2D eigenvalue weighted by Gasteiger charge is 2.17. The normalized spacial score (nSPS) is 17.1. The molecule has 0 aromatic carbocycles. The van der Waals surface area contributed by atoms with Gasteiger partial charge in [0.1, 0.15) is 0 Å². The van der Waals surface area contributed by atoms with Crippen LogP contribution in [0.4, 0.5) is 0 Å². The number of fused-ring (bicyclic) bond motifs is 1. The molecule has 1 aliphatic rings. The number of aromatic nitrogens is 4. The van der Waals surface area contributed by atoms with Crippen molar-refractivity contribution in [2.45, 2.75) is 26.3 Å². The molecule has 3 aromatic rings. The van der Waals surface area contributed by atoms with E-state index in [2.05, 4.69) is 26.9 Å². The molecule has 0 spiro atoms. The Labute approximate surface area is 137 Å². The zero-order chi connectivity index (χ0) is 15.8. The molecule has 0 unspecified atom stereocenters. The lowest BCUT2D eigenvalue weighted by Gasteiger charge is -2.29. The third-order valence-corrected chi connectivity index (χ3v) is 5.28. The van der Waals surface area contributed by atoms with Crippen LogP contribution in [0.2, 0.25) is 0 Å². The van der Waals surface area contributed by atoms with Crippen LogP contribution in [0.1, 0.15) is 25.5 Å².